The molecule has 2 aliphatic rings. The number of allylic oxidation sites excluding steroid dienone is 1. The summed E-state index contributed by atoms with van der Waals surface area (Å²) in [7, 11) is 0. The van der Waals surface area contributed by atoms with Crippen LogP contribution < -0.4 is 5.43 Å². The van der Waals surface area contributed by atoms with Crippen LogP contribution in [0.15, 0.2) is 16.9 Å². The smallest absolute Gasteiger partial charge is 0.302 e. The number of rotatable bonds is 1. The van der Waals surface area contributed by atoms with E-state index in [0.29, 0.717) is 6.61 Å². The molecule has 1 saturated carbocycles. The summed E-state index contributed by atoms with van der Waals surface area (Å²) in [5.74, 6) is 2.25. The van der Waals surface area contributed by atoms with Gasteiger partial charge in [-0.2, -0.15) is 5.10 Å². The largest absolute Gasteiger partial charge is 0.466 e. The summed E-state index contributed by atoms with van der Waals surface area (Å²) in [4.78, 5) is 9.82. The Bertz CT molecular complexity index is 323. The van der Waals surface area contributed by atoms with E-state index in [4.69, 9.17) is 0 Å². The van der Waals surface area contributed by atoms with Gasteiger partial charge >= 0.3 is 5.97 Å². The van der Waals surface area contributed by atoms with Crippen molar-refractivity contribution in [1.29, 1.82) is 0 Å². The van der Waals surface area contributed by atoms with Crippen LogP contribution >= 0.6 is 0 Å². The number of fused-ring (bicyclic) bond motifs is 1. The lowest BCUT2D eigenvalue weighted by molar-refractivity contribution is -0.140. The van der Waals surface area contributed by atoms with Gasteiger partial charge in [0.2, 0.25) is 0 Å². The lowest BCUT2D eigenvalue weighted by Gasteiger charge is -2.01. The molecule has 1 heterocycles. The van der Waals surface area contributed by atoms with Gasteiger partial charge in [-0.3, -0.25) is 10.2 Å². The molecule has 0 aromatic heterocycles. The number of carbonyl (C=O) groups is 1. The number of esters is 1. The Hall–Kier alpha value is -1.32. The molecule has 96 valence electrons. The Kier molecular flexibility index (Phi) is 5.19. The van der Waals surface area contributed by atoms with Gasteiger partial charge in [0.25, 0.3) is 0 Å². The Morgan fingerprint density at radius 2 is 2.35 bits per heavy atom. The van der Waals surface area contributed by atoms with Crippen LogP contribution in [0.1, 0.15) is 34.1 Å². The van der Waals surface area contributed by atoms with Gasteiger partial charge in [-0.15, -0.1) is 0 Å². The van der Waals surface area contributed by atoms with E-state index in [2.05, 4.69) is 35.3 Å². The number of hydrogen-bond donors (Lipinski definition) is 1. The average molecular weight is 238 g/mol. The number of hydrazone groups is 1. The molecular formula is C13H22N2O2. The second-order valence-corrected chi connectivity index (χ2v) is 4.63. The molecule has 4 heteroatoms. The molecule has 1 N–H and O–H groups in total. The molecule has 0 bridgehead atoms. The molecule has 1 aliphatic heterocycles. The van der Waals surface area contributed by atoms with Crippen molar-refractivity contribution in [3.8, 4) is 0 Å². The van der Waals surface area contributed by atoms with Gasteiger partial charge in [0.05, 0.1) is 6.61 Å². The lowest BCUT2D eigenvalue weighted by atomic mass is 10.1. The summed E-state index contributed by atoms with van der Waals surface area (Å²) in [6, 6.07) is 0. The molecule has 0 saturated heterocycles. The SMILES string of the molecule is C/C1=C\N/N=C/C2C(C)C2C1.CCOC(C)=O. The standard InChI is InChI=1S/C9H14N2.C4H8O2/c1-6-3-8-7(2)9(8)5-11-10-4-6;1-3-6-4(2)5/h4-5,7-10H,3H2,1-2H3;3H2,1-2H3/b6-4+,11-5+;. The molecule has 1 fully saturated rings. The summed E-state index contributed by atoms with van der Waals surface area (Å²) >= 11 is 0. The second-order valence-electron chi connectivity index (χ2n) is 4.63. The third-order valence-electron chi connectivity index (χ3n) is 3.17. The van der Waals surface area contributed by atoms with Gasteiger partial charge in [0, 0.05) is 25.3 Å². The van der Waals surface area contributed by atoms with Crippen LogP contribution in [0.2, 0.25) is 0 Å². The summed E-state index contributed by atoms with van der Waals surface area (Å²) in [5, 5.41) is 4.10. The van der Waals surface area contributed by atoms with Gasteiger partial charge in [-0.1, -0.05) is 12.5 Å². The van der Waals surface area contributed by atoms with Crippen molar-refractivity contribution in [3.05, 3.63) is 11.8 Å². The van der Waals surface area contributed by atoms with E-state index in [1.54, 1.807) is 6.92 Å². The van der Waals surface area contributed by atoms with Gasteiger partial charge < -0.3 is 4.74 Å². The number of hydrogen-bond acceptors (Lipinski definition) is 4. The van der Waals surface area contributed by atoms with E-state index >= 15 is 0 Å². The van der Waals surface area contributed by atoms with Gasteiger partial charge in [-0.25, -0.2) is 0 Å². The van der Waals surface area contributed by atoms with Crippen LogP contribution in [0, 0.1) is 17.8 Å². The predicted octanol–water partition coefficient (Wildman–Crippen LogP) is 2.32. The van der Waals surface area contributed by atoms with Crippen molar-refractivity contribution >= 4 is 12.2 Å². The summed E-state index contributed by atoms with van der Waals surface area (Å²) < 4.78 is 4.40. The van der Waals surface area contributed by atoms with Crippen LogP contribution in [-0.4, -0.2) is 18.8 Å². The Balaban J connectivity index is 0.000000209. The number of nitrogens with zero attached hydrogens (tertiary/aromatic N) is 1. The molecule has 0 spiro atoms. The molecule has 4 nitrogen and oxygen atoms in total. The van der Waals surface area contributed by atoms with Crippen molar-refractivity contribution in [1.82, 2.24) is 5.43 Å². The van der Waals surface area contributed by atoms with E-state index in [9.17, 15) is 4.79 Å². The molecule has 2 rings (SSSR count). The van der Waals surface area contributed by atoms with Gasteiger partial charge in [0.15, 0.2) is 0 Å². The Labute approximate surface area is 103 Å². The summed E-state index contributed by atoms with van der Waals surface area (Å²) in [6.07, 6.45) is 5.29. The monoisotopic (exact) mass is 238 g/mol. The van der Waals surface area contributed by atoms with Crippen molar-refractivity contribution in [3.63, 3.8) is 0 Å². The molecule has 0 radical (unpaired) electrons. The molecule has 0 amide bonds. The number of nitrogens with one attached hydrogen (secondary N) is 1. The zero-order valence-corrected chi connectivity index (χ0v) is 11.1. The van der Waals surface area contributed by atoms with Crippen LogP contribution in [0.25, 0.3) is 0 Å². The maximum absolute atomic E-state index is 9.82. The summed E-state index contributed by atoms with van der Waals surface area (Å²) in [6.45, 7) is 8.12. The molecule has 0 aromatic carbocycles. The van der Waals surface area contributed by atoms with Gasteiger partial charge in [0.1, 0.15) is 0 Å². The first kappa shape index (κ1) is 13.7. The van der Waals surface area contributed by atoms with E-state index in [1.165, 1.54) is 18.9 Å². The van der Waals surface area contributed by atoms with Crippen LogP contribution in [0.5, 0.6) is 0 Å². The number of carbonyl (C=O) groups excluding carboxylic acids is 1. The zero-order valence-electron chi connectivity index (χ0n) is 11.1. The van der Waals surface area contributed by atoms with E-state index < -0.39 is 0 Å². The Morgan fingerprint density at radius 3 is 2.88 bits per heavy atom. The average Bonchev–Trinajstić information content (AvgIpc) is 2.79. The van der Waals surface area contributed by atoms with Crippen LogP contribution in [-0.2, 0) is 9.53 Å². The van der Waals surface area contributed by atoms with E-state index in [-0.39, 0.29) is 5.97 Å². The predicted molar refractivity (Wildman–Crippen MR) is 68.5 cm³/mol. The lowest BCUT2D eigenvalue weighted by Crippen LogP contribution is -2.01. The van der Waals surface area contributed by atoms with Crippen molar-refractivity contribution in [2.45, 2.75) is 34.1 Å². The maximum Gasteiger partial charge on any atom is 0.302 e. The third kappa shape index (κ3) is 4.59. The van der Waals surface area contributed by atoms with Crippen molar-refractivity contribution in [2.24, 2.45) is 22.9 Å². The second kappa shape index (κ2) is 6.42. The number of ether oxygens (including phenoxy) is 1. The Morgan fingerprint density at radius 1 is 1.65 bits per heavy atom. The van der Waals surface area contributed by atoms with E-state index in [0.717, 1.165) is 17.8 Å². The molecule has 3 unspecified atom stereocenters. The van der Waals surface area contributed by atoms with Crippen molar-refractivity contribution in [2.75, 3.05) is 6.61 Å². The van der Waals surface area contributed by atoms with Crippen molar-refractivity contribution < 1.29 is 9.53 Å². The van der Waals surface area contributed by atoms with Crippen LogP contribution in [0.4, 0.5) is 0 Å². The highest BCUT2D eigenvalue weighted by molar-refractivity contribution is 5.66. The molecule has 3 atom stereocenters. The molecule has 17 heavy (non-hydrogen) atoms. The highest BCUT2D eigenvalue weighted by Crippen LogP contribution is 2.48. The first-order valence-electron chi connectivity index (χ1n) is 6.14. The highest BCUT2D eigenvalue weighted by Gasteiger charge is 2.45. The third-order valence-corrected chi connectivity index (χ3v) is 3.17. The minimum absolute atomic E-state index is 0.211. The van der Waals surface area contributed by atoms with E-state index in [1.807, 2.05) is 6.20 Å². The quantitative estimate of drug-likeness (QED) is 0.713. The topological polar surface area (TPSA) is 50.7 Å². The normalized spacial score (nSPS) is 34.4. The fraction of sp³-hybridized carbons (Fsp3) is 0.692. The minimum Gasteiger partial charge on any atom is -0.466 e. The fourth-order valence-electron chi connectivity index (χ4n) is 2.06. The molecule has 1 aliphatic carbocycles. The summed E-state index contributed by atoms with van der Waals surface area (Å²) in [5.41, 5.74) is 4.34. The first-order chi connectivity index (χ1) is 8.06. The van der Waals surface area contributed by atoms with Gasteiger partial charge in [-0.05, 0) is 32.1 Å². The highest BCUT2D eigenvalue weighted by atomic mass is 16.5. The van der Waals surface area contributed by atoms with Crippen LogP contribution in [0.3, 0.4) is 0 Å². The molecule has 0 aromatic rings. The maximum atomic E-state index is 9.82. The minimum atomic E-state index is -0.211. The fourth-order valence-corrected chi connectivity index (χ4v) is 2.06. The first-order valence-corrected chi connectivity index (χ1v) is 6.14. The molecular weight excluding hydrogens is 216 g/mol. The zero-order chi connectivity index (χ0) is 12.8.